The molecule has 0 aliphatic heterocycles. The van der Waals surface area contributed by atoms with Gasteiger partial charge in [-0.2, -0.15) is 0 Å². The van der Waals surface area contributed by atoms with Crippen molar-refractivity contribution >= 4 is 5.84 Å². The molecule has 1 aromatic carbocycles. The molecular weight excluding hydrogens is 196 g/mol. The van der Waals surface area contributed by atoms with Gasteiger partial charge in [0.1, 0.15) is 5.84 Å². The lowest BCUT2D eigenvalue weighted by Gasteiger charge is -2.07. The van der Waals surface area contributed by atoms with E-state index in [1.165, 1.54) is 19.3 Å². The number of rotatable bonds is 6. The lowest BCUT2D eigenvalue weighted by atomic mass is 10.1. The van der Waals surface area contributed by atoms with Gasteiger partial charge in [-0.25, -0.2) is 0 Å². The minimum absolute atomic E-state index is 0.326. The third-order valence-electron chi connectivity index (χ3n) is 2.65. The maximum absolute atomic E-state index is 5.95. The Balaban J connectivity index is 2.49. The van der Waals surface area contributed by atoms with Gasteiger partial charge in [-0.1, -0.05) is 56.5 Å². The molecular formula is C14H22N2. The summed E-state index contributed by atoms with van der Waals surface area (Å²) in [5.74, 6) is 0.657. The summed E-state index contributed by atoms with van der Waals surface area (Å²) in [7, 11) is 0. The maximum atomic E-state index is 5.95. The van der Waals surface area contributed by atoms with Gasteiger partial charge in [-0.05, 0) is 13.3 Å². The molecule has 0 saturated heterocycles. The Morgan fingerprint density at radius 1 is 1.25 bits per heavy atom. The van der Waals surface area contributed by atoms with Crippen LogP contribution in [0.2, 0.25) is 0 Å². The number of benzene rings is 1. The van der Waals surface area contributed by atoms with Crippen LogP contribution < -0.4 is 5.73 Å². The van der Waals surface area contributed by atoms with E-state index in [2.05, 4.69) is 18.8 Å². The SMILES string of the molecule is CCCCCC(C)N=C(N)c1ccccc1. The highest BCUT2D eigenvalue weighted by Crippen LogP contribution is 2.07. The Kier molecular flexibility index (Phi) is 5.62. The van der Waals surface area contributed by atoms with Crippen LogP contribution in [0.25, 0.3) is 0 Å². The Hall–Kier alpha value is -1.31. The number of nitrogens with two attached hydrogens (primary N) is 1. The van der Waals surface area contributed by atoms with E-state index in [0.717, 1.165) is 12.0 Å². The minimum atomic E-state index is 0.326. The van der Waals surface area contributed by atoms with Gasteiger partial charge in [0.2, 0.25) is 0 Å². The van der Waals surface area contributed by atoms with Crippen molar-refractivity contribution in [1.82, 2.24) is 0 Å². The van der Waals surface area contributed by atoms with E-state index in [0.29, 0.717) is 11.9 Å². The highest BCUT2D eigenvalue weighted by molar-refractivity contribution is 5.97. The maximum Gasteiger partial charge on any atom is 0.125 e. The van der Waals surface area contributed by atoms with Crippen molar-refractivity contribution < 1.29 is 0 Å². The van der Waals surface area contributed by atoms with E-state index in [1.807, 2.05) is 30.3 Å². The molecule has 0 heterocycles. The van der Waals surface area contributed by atoms with Crippen molar-refractivity contribution in [3.05, 3.63) is 35.9 Å². The predicted molar refractivity (Wildman–Crippen MR) is 70.8 cm³/mol. The lowest BCUT2D eigenvalue weighted by molar-refractivity contribution is 0.593. The Labute approximate surface area is 98.6 Å². The van der Waals surface area contributed by atoms with Gasteiger partial charge in [-0.3, -0.25) is 4.99 Å². The molecule has 2 N–H and O–H groups in total. The Morgan fingerprint density at radius 3 is 2.56 bits per heavy atom. The smallest absolute Gasteiger partial charge is 0.125 e. The van der Waals surface area contributed by atoms with Crippen LogP contribution in [0, 0.1) is 0 Å². The molecule has 1 atom stereocenters. The fraction of sp³-hybridized carbons (Fsp3) is 0.500. The molecule has 0 aliphatic carbocycles. The summed E-state index contributed by atoms with van der Waals surface area (Å²) in [6.45, 7) is 4.34. The first-order valence-corrected chi connectivity index (χ1v) is 6.12. The zero-order chi connectivity index (χ0) is 11.8. The number of amidine groups is 1. The molecule has 0 radical (unpaired) electrons. The van der Waals surface area contributed by atoms with Crippen molar-refractivity contribution in [1.29, 1.82) is 0 Å². The predicted octanol–water partition coefficient (Wildman–Crippen LogP) is 3.36. The molecule has 1 aromatic rings. The molecule has 0 spiro atoms. The van der Waals surface area contributed by atoms with Crippen molar-refractivity contribution in [2.75, 3.05) is 0 Å². The second-order valence-electron chi connectivity index (χ2n) is 4.23. The molecule has 2 nitrogen and oxygen atoms in total. The zero-order valence-corrected chi connectivity index (χ0v) is 10.3. The number of hydrogen-bond donors (Lipinski definition) is 1. The molecule has 1 rings (SSSR count). The molecule has 0 aliphatic rings. The van der Waals surface area contributed by atoms with Crippen LogP contribution in [0.3, 0.4) is 0 Å². The summed E-state index contributed by atoms with van der Waals surface area (Å²) >= 11 is 0. The van der Waals surface area contributed by atoms with Crippen LogP contribution in [0.1, 0.15) is 45.1 Å². The van der Waals surface area contributed by atoms with Crippen molar-refractivity contribution in [3.63, 3.8) is 0 Å². The van der Waals surface area contributed by atoms with Crippen molar-refractivity contribution in [2.45, 2.75) is 45.6 Å². The molecule has 16 heavy (non-hydrogen) atoms. The minimum Gasteiger partial charge on any atom is -0.383 e. The number of unbranched alkanes of at least 4 members (excludes halogenated alkanes) is 2. The topological polar surface area (TPSA) is 38.4 Å². The van der Waals surface area contributed by atoms with Crippen LogP contribution >= 0.6 is 0 Å². The zero-order valence-electron chi connectivity index (χ0n) is 10.3. The monoisotopic (exact) mass is 218 g/mol. The summed E-state index contributed by atoms with van der Waals surface area (Å²) < 4.78 is 0. The number of nitrogens with zero attached hydrogens (tertiary/aromatic N) is 1. The van der Waals surface area contributed by atoms with Crippen LogP contribution in [-0.2, 0) is 0 Å². The molecule has 1 unspecified atom stereocenters. The van der Waals surface area contributed by atoms with Gasteiger partial charge < -0.3 is 5.73 Å². The van der Waals surface area contributed by atoms with Gasteiger partial charge in [0.05, 0.1) is 0 Å². The largest absolute Gasteiger partial charge is 0.383 e. The third kappa shape index (κ3) is 4.47. The summed E-state index contributed by atoms with van der Waals surface area (Å²) in [5, 5.41) is 0. The fourth-order valence-corrected chi connectivity index (χ4v) is 1.68. The molecule has 0 saturated carbocycles. The molecule has 0 fully saturated rings. The average Bonchev–Trinajstić information content (AvgIpc) is 2.30. The Morgan fingerprint density at radius 2 is 1.94 bits per heavy atom. The van der Waals surface area contributed by atoms with Crippen LogP contribution in [0.5, 0.6) is 0 Å². The van der Waals surface area contributed by atoms with Gasteiger partial charge in [0.15, 0.2) is 0 Å². The van der Waals surface area contributed by atoms with E-state index in [4.69, 9.17) is 5.73 Å². The van der Waals surface area contributed by atoms with E-state index in [-0.39, 0.29) is 0 Å². The van der Waals surface area contributed by atoms with Gasteiger partial charge in [-0.15, -0.1) is 0 Å². The fourth-order valence-electron chi connectivity index (χ4n) is 1.68. The van der Waals surface area contributed by atoms with Crippen molar-refractivity contribution in [3.8, 4) is 0 Å². The summed E-state index contributed by atoms with van der Waals surface area (Å²) in [5.41, 5.74) is 6.97. The molecule has 88 valence electrons. The van der Waals surface area contributed by atoms with E-state index < -0.39 is 0 Å². The van der Waals surface area contributed by atoms with Gasteiger partial charge >= 0.3 is 0 Å². The second-order valence-corrected chi connectivity index (χ2v) is 4.23. The first kappa shape index (κ1) is 12.8. The van der Waals surface area contributed by atoms with Gasteiger partial charge in [0.25, 0.3) is 0 Å². The first-order valence-electron chi connectivity index (χ1n) is 6.12. The number of aliphatic imine (C=N–C) groups is 1. The first-order chi connectivity index (χ1) is 7.74. The van der Waals surface area contributed by atoms with E-state index in [1.54, 1.807) is 0 Å². The molecule has 2 heteroatoms. The van der Waals surface area contributed by atoms with E-state index >= 15 is 0 Å². The third-order valence-corrected chi connectivity index (χ3v) is 2.65. The van der Waals surface area contributed by atoms with Crippen LogP contribution in [0.4, 0.5) is 0 Å². The lowest BCUT2D eigenvalue weighted by Crippen LogP contribution is -2.16. The summed E-state index contributed by atoms with van der Waals surface area (Å²) in [6.07, 6.45) is 4.90. The average molecular weight is 218 g/mol. The normalized spacial score (nSPS) is 13.8. The van der Waals surface area contributed by atoms with E-state index in [9.17, 15) is 0 Å². The molecule has 0 bridgehead atoms. The molecule has 0 aromatic heterocycles. The van der Waals surface area contributed by atoms with Crippen LogP contribution in [-0.4, -0.2) is 11.9 Å². The quantitative estimate of drug-likeness (QED) is 0.444. The second kappa shape index (κ2) is 7.04. The van der Waals surface area contributed by atoms with Crippen molar-refractivity contribution in [2.24, 2.45) is 10.7 Å². The highest BCUT2D eigenvalue weighted by atomic mass is 14.9. The number of hydrogen-bond acceptors (Lipinski definition) is 1. The van der Waals surface area contributed by atoms with Gasteiger partial charge in [0, 0.05) is 11.6 Å². The summed E-state index contributed by atoms with van der Waals surface area (Å²) in [4.78, 5) is 4.51. The molecule has 0 amide bonds. The summed E-state index contributed by atoms with van der Waals surface area (Å²) in [6, 6.07) is 10.3. The highest BCUT2D eigenvalue weighted by Gasteiger charge is 2.02. The van der Waals surface area contributed by atoms with Crippen LogP contribution in [0.15, 0.2) is 35.3 Å². The Bertz CT molecular complexity index is 317. The standard InChI is InChI=1S/C14H22N2/c1-3-4-6-9-12(2)16-14(15)13-10-7-5-8-11-13/h5,7-8,10-12H,3-4,6,9H2,1-2H3,(H2,15,16).